The van der Waals surface area contributed by atoms with Gasteiger partial charge in [-0.3, -0.25) is 4.79 Å². The van der Waals surface area contributed by atoms with E-state index >= 15 is 0 Å². The van der Waals surface area contributed by atoms with Gasteiger partial charge in [0.2, 0.25) is 6.29 Å². The van der Waals surface area contributed by atoms with Crippen molar-refractivity contribution < 1.29 is 43.2 Å². The van der Waals surface area contributed by atoms with Crippen LogP contribution in [0.5, 0.6) is 0 Å². The number of fused-ring (bicyclic) bond motifs is 3. The largest absolute Gasteiger partial charge is 0.456 e. The standard InChI is InChI=1S/C26H30O9/c1-22(2)14-11-15(27)25(5)13(23(14,3)8-7-16(28)34-22)6-9-24(4)18(12-10-17(29)32-20(12)30)33-21(31)19-26(24,25)35-19/h7-8,10,13-14,17-19,29H,6,9,11H2,1-5H3/t13-,14+,17+,18-,19+,23+,24-,25-,26+/m0/s1. The molecule has 4 aliphatic heterocycles. The molecular formula is C26H30O9. The Morgan fingerprint density at radius 1 is 0.971 bits per heavy atom. The van der Waals surface area contributed by atoms with Gasteiger partial charge in [0.15, 0.2) is 6.10 Å². The van der Waals surface area contributed by atoms with Crippen LogP contribution in [0.3, 0.4) is 0 Å². The number of allylic oxidation sites excluding steroid dienone is 1. The molecular weight excluding hydrogens is 456 g/mol. The zero-order chi connectivity index (χ0) is 25.3. The number of esters is 3. The zero-order valence-electron chi connectivity index (χ0n) is 20.5. The number of ketones is 1. The molecule has 9 atom stereocenters. The summed E-state index contributed by atoms with van der Waals surface area (Å²) in [6, 6.07) is 0. The molecule has 0 aromatic rings. The summed E-state index contributed by atoms with van der Waals surface area (Å²) >= 11 is 0. The van der Waals surface area contributed by atoms with Crippen LogP contribution in [0, 0.1) is 28.1 Å². The van der Waals surface area contributed by atoms with Crippen molar-refractivity contribution in [1.29, 1.82) is 0 Å². The highest BCUT2D eigenvalue weighted by molar-refractivity contribution is 5.96. The van der Waals surface area contributed by atoms with Crippen LogP contribution in [0.4, 0.5) is 0 Å². The third-order valence-corrected chi connectivity index (χ3v) is 10.2. The molecule has 0 aromatic carbocycles. The summed E-state index contributed by atoms with van der Waals surface area (Å²) < 4.78 is 22.6. The number of cyclic esters (lactones) is 3. The number of epoxide rings is 1. The van der Waals surface area contributed by atoms with Crippen LogP contribution in [0.2, 0.25) is 0 Å². The molecule has 188 valence electrons. The van der Waals surface area contributed by atoms with E-state index in [2.05, 4.69) is 6.92 Å². The van der Waals surface area contributed by atoms with Gasteiger partial charge in [-0.15, -0.1) is 0 Å². The maximum absolute atomic E-state index is 14.2. The number of Topliss-reactive ketones (excluding diaryl/α,β-unsaturated/α-hetero) is 1. The number of aliphatic hydroxyl groups is 1. The second-order valence-corrected chi connectivity index (χ2v) is 12.1. The number of hydrogen-bond acceptors (Lipinski definition) is 9. The molecule has 2 saturated carbocycles. The van der Waals surface area contributed by atoms with Crippen molar-refractivity contribution in [2.24, 2.45) is 28.1 Å². The van der Waals surface area contributed by atoms with Gasteiger partial charge >= 0.3 is 17.9 Å². The number of hydrogen-bond donors (Lipinski definition) is 1. The lowest BCUT2D eigenvalue weighted by Crippen LogP contribution is -2.72. The van der Waals surface area contributed by atoms with E-state index in [1.165, 1.54) is 12.2 Å². The maximum atomic E-state index is 14.2. The first kappa shape index (κ1) is 22.9. The highest BCUT2D eigenvalue weighted by atomic mass is 16.7. The molecule has 2 saturated heterocycles. The van der Waals surface area contributed by atoms with Crippen LogP contribution in [-0.4, -0.2) is 58.5 Å². The third-order valence-electron chi connectivity index (χ3n) is 10.2. The lowest BCUT2D eigenvalue weighted by molar-refractivity contribution is -0.211. The lowest BCUT2D eigenvalue weighted by atomic mass is 9.37. The van der Waals surface area contributed by atoms with E-state index < -0.39 is 63.9 Å². The molecule has 1 spiro atoms. The van der Waals surface area contributed by atoms with Crippen molar-refractivity contribution in [1.82, 2.24) is 0 Å². The van der Waals surface area contributed by atoms with Gasteiger partial charge in [0, 0.05) is 23.8 Å². The predicted molar refractivity (Wildman–Crippen MR) is 117 cm³/mol. The molecule has 6 rings (SSSR count). The lowest BCUT2D eigenvalue weighted by Gasteiger charge is -2.64. The van der Waals surface area contributed by atoms with Crippen LogP contribution in [0.15, 0.2) is 23.8 Å². The van der Waals surface area contributed by atoms with Crippen LogP contribution in [-0.2, 0) is 38.1 Å². The van der Waals surface area contributed by atoms with Crippen LogP contribution < -0.4 is 0 Å². The van der Waals surface area contributed by atoms with Gasteiger partial charge in [0.1, 0.15) is 23.1 Å². The van der Waals surface area contributed by atoms with Gasteiger partial charge < -0.3 is 24.1 Å². The molecule has 4 fully saturated rings. The first-order valence-corrected chi connectivity index (χ1v) is 12.2. The van der Waals surface area contributed by atoms with Crippen LogP contribution in [0.1, 0.15) is 53.9 Å². The van der Waals surface area contributed by atoms with E-state index in [1.807, 2.05) is 33.8 Å². The summed E-state index contributed by atoms with van der Waals surface area (Å²) in [6.07, 6.45) is 2.48. The minimum atomic E-state index is -1.41. The monoisotopic (exact) mass is 486 g/mol. The van der Waals surface area contributed by atoms with Gasteiger partial charge in [-0.2, -0.15) is 0 Å². The average Bonchev–Trinajstić information content (AvgIpc) is 3.47. The number of rotatable bonds is 1. The quantitative estimate of drug-likeness (QED) is 0.335. The molecule has 0 amide bonds. The third kappa shape index (κ3) is 2.46. The highest BCUT2D eigenvalue weighted by Gasteiger charge is 2.88. The highest BCUT2D eigenvalue weighted by Crippen LogP contribution is 2.77. The molecule has 0 radical (unpaired) electrons. The number of carbonyl (C=O) groups excluding carboxylic acids is 4. The van der Waals surface area contributed by atoms with Gasteiger partial charge in [-0.25, -0.2) is 14.4 Å². The molecule has 2 aliphatic carbocycles. The van der Waals surface area contributed by atoms with E-state index in [1.54, 1.807) is 0 Å². The number of carbonyl (C=O) groups is 4. The second-order valence-electron chi connectivity index (χ2n) is 12.1. The predicted octanol–water partition coefficient (Wildman–Crippen LogP) is 1.76. The molecule has 9 nitrogen and oxygen atoms in total. The molecule has 1 N–H and O–H groups in total. The number of ether oxygens (including phenoxy) is 4. The van der Waals surface area contributed by atoms with Gasteiger partial charge in [0.25, 0.3) is 0 Å². The van der Waals surface area contributed by atoms with Crippen LogP contribution >= 0.6 is 0 Å². The van der Waals surface area contributed by atoms with Crippen molar-refractivity contribution in [3.63, 3.8) is 0 Å². The Hall–Kier alpha value is -2.52. The second kappa shape index (κ2) is 6.42. The van der Waals surface area contributed by atoms with Gasteiger partial charge in [-0.1, -0.05) is 19.9 Å². The summed E-state index contributed by atoms with van der Waals surface area (Å²) in [5.41, 5.74) is -4.53. The van der Waals surface area contributed by atoms with E-state index in [0.717, 1.165) is 0 Å². The SMILES string of the molecule is CC1(C)OC(=O)C=C[C@@]2(C)[C@@H]1CC(=O)[C@]1(C)[C@H]2CC[C@@]2(C)[C@H](C3=C[C@H](O)OC3=O)OC(=O)[C@H]3O[C@]321. The summed E-state index contributed by atoms with van der Waals surface area (Å²) in [4.78, 5) is 52.2. The average molecular weight is 487 g/mol. The normalized spacial score (nSPS) is 51.5. The fourth-order valence-electron chi connectivity index (χ4n) is 8.67. The molecule has 35 heavy (non-hydrogen) atoms. The molecule has 0 bridgehead atoms. The van der Waals surface area contributed by atoms with Crippen LogP contribution in [0.25, 0.3) is 0 Å². The first-order valence-electron chi connectivity index (χ1n) is 12.2. The minimum Gasteiger partial charge on any atom is -0.456 e. The minimum absolute atomic E-state index is 0.0470. The fraction of sp³-hybridized carbons (Fsp3) is 0.692. The smallest absolute Gasteiger partial charge is 0.340 e. The molecule has 4 heterocycles. The molecule has 9 heteroatoms. The maximum Gasteiger partial charge on any atom is 0.340 e. The van der Waals surface area contributed by atoms with Crippen molar-refractivity contribution in [3.05, 3.63) is 23.8 Å². The van der Waals surface area contributed by atoms with E-state index in [4.69, 9.17) is 18.9 Å². The Bertz CT molecular complexity index is 1150. The molecule has 0 aromatic heterocycles. The summed E-state index contributed by atoms with van der Waals surface area (Å²) in [7, 11) is 0. The Morgan fingerprint density at radius 2 is 1.69 bits per heavy atom. The molecule has 0 unspecified atom stereocenters. The first-order chi connectivity index (χ1) is 16.2. The summed E-state index contributed by atoms with van der Waals surface area (Å²) in [5, 5.41) is 9.87. The Kier molecular flexibility index (Phi) is 4.20. The van der Waals surface area contributed by atoms with E-state index in [0.29, 0.717) is 12.8 Å². The Labute approximate surface area is 202 Å². The van der Waals surface area contributed by atoms with Crippen molar-refractivity contribution in [2.75, 3.05) is 0 Å². The summed E-state index contributed by atoms with van der Waals surface area (Å²) in [6.45, 7) is 9.52. The topological polar surface area (TPSA) is 129 Å². The Morgan fingerprint density at radius 3 is 2.34 bits per heavy atom. The van der Waals surface area contributed by atoms with Crippen molar-refractivity contribution in [2.45, 2.75) is 83.6 Å². The molecule has 6 aliphatic rings. The van der Waals surface area contributed by atoms with Crippen molar-refractivity contribution >= 4 is 23.7 Å². The van der Waals surface area contributed by atoms with Crippen molar-refractivity contribution in [3.8, 4) is 0 Å². The zero-order valence-corrected chi connectivity index (χ0v) is 20.5. The van der Waals surface area contributed by atoms with Gasteiger partial charge in [0.05, 0.1) is 11.0 Å². The van der Waals surface area contributed by atoms with E-state index in [-0.39, 0.29) is 29.6 Å². The van der Waals surface area contributed by atoms with E-state index in [9.17, 15) is 24.3 Å². The fourth-order valence-corrected chi connectivity index (χ4v) is 8.67. The number of aliphatic hydroxyl groups excluding tert-OH is 1. The Balaban J connectivity index is 1.51. The van der Waals surface area contributed by atoms with Gasteiger partial charge in [-0.05, 0) is 51.0 Å². The summed E-state index contributed by atoms with van der Waals surface area (Å²) in [5.74, 6) is -2.36.